The molecule has 5 heteroatoms. The molecule has 0 spiro atoms. The summed E-state index contributed by atoms with van der Waals surface area (Å²) < 4.78 is 0. The van der Waals surface area contributed by atoms with Crippen molar-refractivity contribution in [3.8, 4) is 0 Å². The Morgan fingerprint density at radius 1 is 1.32 bits per heavy atom. The summed E-state index contributed by atoms with van der Waals surface area (Å²) in [4.78, 5) is 16.1. The number of rotatable bonds is 5. The van der Waals surface area contributed by atoms with Gasteiger partial charge >= 0.3 is 0 Å². The average molecular weight is 270 g/mol. The Balaban J connectivity index is 2.29. The summed E-state index contributed by atoms with van der Waals surface area (Å²) in [6, 6.07) is 0. The minimum atomic E-state index is -0.583. The first-order chi connectivity index (χ1) is 8.87. The third-order valence-corrected chi connectivity index (χ3v) is 5.35. The molecule has 0 amide bonds. The molecule has 0 radical (unpaired) electrons. The SMILES string of the molecule is CCC12CCCC(O[N+](=O)[O-])(CC(C)(CCN)C1)C2. The molecule has 2 rings (SSSR count). The van der Waals surface area contributed by atoms with Gasteiger partial charge in [-0.15, -0.1) is 10.1 Å². The van der Waals surface area contributed by atoms with E-state index in [-0.39, 0.29) is 10.8 Å². The van der Waals surface area contributed by atoms with Gasteiger partial charge in [-0.2, -0.15) is 0 Å². The van der Waals surface area contributed by atoms with Gasteiger partial charge in [0.2, 0.25) is 0 Å². The van der Waals surface area contributed by atoms with Crippen LogP contribution < -0.4 is 5.73 Å². The van der Waals surface area contributed by atoms with Crippen LogP contribution in [0.4, 0.5) is 0 Å². The highest BCUT2D eigenvalue weighted by molar-refractivity contribution is 5.05. The van der Waals surface area contributed by atoms with Gasteiger partial charge in [-0.3, -0.25) is 0 Å². The van der Waals surface area contributed by atoms with Crippen LogP contribution in [-0.2, 0) is 4.84 Å². The Morgan fingerprint density at radius 2 is 2.05 bits per heavy atom. The van der Waals surface area contributed by atoms with Gasteiger partial charge < -0.3 is 10.6 Å². The summed E-state index contributed by atoms with van der Waals surface area (Å²) in [7, 11) is 0. The normalized spacial score (nSPS) is 41.8. The molecule has 2 aliphatic rings. The van der Waals surface area contributed by atoms with Gasteiger partial charge in [-0.05, 0) is 55.9 Å². The lowest BCUT2D eigenvalue weighted by Crippen LogP contribution is -2.54. The lowest BCUT2D eigenvalue weighted by atomic mass is 9.51. The third-order valence-electron chi connectivity index (χ3n) is 5.35. The van der Waals surface area contributed by atoms with E-state index in [4.69, 9.17) is 10.6 Å². The van der Waals surface area contributed by atoms with Crippen LogP contribution in [0.1, 0.15) is 65.2 Å². The third kappa shape index (κ3) is 2.86. The van der Waals surface area contributed by atoms with Crippen LogP contribution in [0.25, 0.3) is 0 Å². The van der Waals surface area contributed by atoms with E-state index in [0.717, 1.165) is 44.9 Å². The lowest BCUT2D eigenvalue weighted by molar-refractivity contribution is -0.785. The van der Waals surface area contributed by atoms with Crippen molar-refractivity contribution < 1.29 is 9.92 Å². The predicted molar refractivity (Wildman–Crippen MR) is 73.0 cm³/mol. The van der Waals surface area contributed by atoms with Crippen molar-refractivity contribution in [1.29, 1.82) is 0 Å². The predicted octanol–water partition coefficient (Wildman–Crippen LogP) is 3.05. The zero-order valence-corrected chi connectivity index (χ0v) is 12.1. The fraction of sp³-hybridized carbons (Fsp3) is 1.00. The Labute approximate surface area is 115 Å². The molecular weight excluding hydrogens is 244 g/mol. The average Bonchev–Trinajstić information content (AvgIpc) is 2.26. The maximum Gasteiger partial charge on any atom is 0.295 e. The van der Waals surface area contributed by atoms with Gasteiger partial charge in [-0.1, -0.05) is 26.7 Å². The van der Waals surface area contributed by atoms with Gasteiger partial charge in [0, 0.05) is 0 Å². The highest BCUT2D eigenvalue weighted by Crippen LogP contribution is 2.60. The summed E-state index contributed by atoms with van der Waals surface area (Å²) in [5, 5.41) is 10.3. The molecule has 0 aliphatic heterocycles. The molecule has 3 unspecified atom stereocenters. The highest BCUT2D eigenvalue weighted by Gasteiger charge is 2.55. The highest BCUT2D eigenvalue weighted by atomic mass is 17.0. The van der Waals surface area contributed by atoms with Gasteiger partial charge in [0.25, 0.3) is 5.09 Å². The smallest absolute Gasteiger partial charge is 0.295 e. The van der Waals surface area contributed by atoms with Crippen molar-refractivity contribution in [2.24, 2.45) is 16.6 Å². The molecule has 0 aromatic heterocycles. The number of nitrogens with two attached hydrogens (primary N) is 1. The molecule has 19 heavy (non-hydrogen) atoms. The summed E-state index contributed by atoms with van der Waals surface area (Å²) in [5.74, 6) is 0. The quantitative estimate of drug-likeness (QED) is 0.615. The molecular formula is C14H26N2O3. The molecule has 0 heterocycles. The number of hydrogen-bond acceptors (Lipinski definition) is 4. The summed E-state index contributed by atoms with van der Waals surface area (Å²) >= 11 is 0. The molecule has 0 aromatic carbocycles. The Morgan fingerprint density at radius 3 is 2.63 bits per heavy atom. The van der Waals surface area contributed by atoms with Gasteiger partial charge in [0.1, 0.15) is 5.60 Å². The Kier molecular flexibility index (Phi) is 3.78. The van der Waals surface area contributed by atoms with Crippen LogP contribution in [0.15, 0.2) is 0 Å². The molecule has 2 bridgehead atoms. The van der Waals surface area contributed by atoms with E-state index in [1.54, 1.807) is 0 Å². The van der Waals surface area contributed by atoms with Crippen LogP contribution >= 0.6 is 0 Å². The van der Waals surface area contributed by atoms with Crippen LogP contribution in [0.5, 0.6) is 0 Å². The molecule has 3 atom stereocenters. The van der Waals surface area contributed by atoms with Crippen LogP contribution in [0.3, 0.4) is 0 Å². The van der Waals surface area contributed by atoms with Crippen LogP contribution in [0.2, 0.25) is 0 Å². The van der Waals surface area contributed by atoms with Gasteiger partial charge in [-0.25, -0.2) is 0 Å². The van der Waals surface area contributed by atoms with Crippen molar-refractivity contribution in [3.63, 3.8) is 0 Å². The van der Waals surface area contributed by atoms with Crippen molar-refractivity contribution in [2.45, 2.75) is 70.8 Å². The van der Waals surface area contributed by atoms with E-state index in [9.17, 15) is 10.1 Å². The van der Waals surface area contributed by atoms with Crippen molar-refractivity contribution in [3.05, 3.63) is 10.1 Å². The van der Waals surface area contributed by atoms with Gasteiger partial charge in [0.15, 0.2) is 0 Å². The van der Waals surface area contributed by atoms with Crippen molar-refractivity contribution in [1.82, 2.24) is 0 Å². The monoisotopic (exact) mass is 270 g/mol. The van der Waals surface area contributed by atoms with Gasteiger partial charge in [0.05, 0.1) is 0 Å². The van der Waals surface area contributed by atoms with E-state index in [1.165, 1.54) is 6.42 Å². The summed E-state index contributed by atoms with van der Waals surface area (Å²) in [5.41, 5.74) is 5.50. The number of fused-ring (bicyclic) bond motifs is 2. The maximum absolute atomic E-state index is 10.9. The topological polar surface area (TPSA) is 78.4 Å². The zero-order chi connectivity index (χ0) is 14.1. The second-order valence-corrected chi connectivity index (χ2v) is 7.08. The number of hydrogen-bond donors (Lipinski definition) is 1. The molecule has 0 saturated heterocycles. The molecule has 110 valence electrons. The van der Waals surface area contributed by atoms with E-state index in [0.29, 0.717) is 6.54 Å². The fourth-order valence-electron chi connectivity index (χ4n) is 4.91. The van der Waals surface area contributed by atoms with E-state index < -0.39 is 10.7 Å². The van der Waals surface area contributed by atoms with E-state index in [1.807, 2.05) is 0 Å². The first kappa shape index (κ1) is 14.6. The van der Waals surface area contributed by atoms with Crippen molar-refractivity contribution in [2.75, 3.05) is 6.54 Å². The van der Waals surface area contributed by atoms with E-state index >= 15 is 0 Å². The van der Waals surface area contributed by atoms with E-state index in [2.05, 4.69) is 13.8 Å². The molecule has 2 fully saturated rings. The minimum absolute atomic E-state index is 0.0828. The zero-order valence-electron chi connectivity index (χ0n) is 12.1. The largest absolute Gasteiger partial charge is 0.330 e. The lowest BCUT2D eigenvalue weighted by Gasteiger charge is -2.57. The molecule has 2 N–H and O–H groups in total. The first-order valence-electron chi connectivity index (χ1n) is 7.40. The standard InChI is InChI=1S/C14H26N2O3/c1-3-13-5-4-6-14(11-13,19-16(17)18)10-12(2,9-13)7-8-15/h3-11,15H2,1-2H3. The van der Waals surface area contributed by atoms with Crippen molar-refractivity contribution >= 4 is 0 Å². The van der Waals surface area contributed by atoms with Crippen LogP contribution in [0, 0.1) is 20.9 Å². The Bertz CT molecular complexity index is 363. The Hall–Kier alpha value is -0.840. The fourth-order valence-corrected chi connectivity index (χ4v) is 4.91. The molecule has 0 aromatic rings. The molecule has 2 saturated carbocycles. The van der Waals surface area contributed by atoms with Crippen LogP contribution in [-0.4, -0.2) is 17.2 Å². The first-order valence-corrected chi connectivity index (χ1v) is 7.40. The molecule has 2 aliphatic carbocycles. The maximum atomic E-state index is 10.9. The second kappa shape index (κ2) is 4.93. The second-order valence-electron chi connectivity index (χ2n) is 7.08. The summed E-state index contributed by atoms with van der Waals surface area (Å²) in [6.45, 7) is 5.08. The minimum Gasteiger partial charge on any atom is -0.330 e. The summed E-state index contributed by atoms with van der Waals surface area (Å²) in [6.07, 6.45) is 7.80. The number of nitrogens with zero attached hydrogens (tertiary/aromatic N) is 1. The molecule has 5 nitrogen and oxygen atoms in total.